The van der Waals surface area contributed by atoms with Crippen LogP contribution in [0.2, 0.25) is 0 Å². The summed E-state index contributed by atoms with van der Waals surface area (Å²) in [7, 11) is 0. The highest BCUT2D eigenvalue weighted by Crippen LogP contribution is 2.21. The van der Waals surface area contributed by atoms with Gasteiger partial charge in [0.2, 0.25) is 5.91 Å². The molecule has 0 aliphatic rings. The van der Waals surface area contributed by atoms with Gasteiger partial charge in [-0.15, -0.1) is 11.8 Å². The Balaban J connectivity index is 1.99. The van der Waals surface area contributed by atoms with Crippen molar-refractivity contribution in [2.24, 2.45) is 0 Å². The molecule has 25 heavy (non-hydrogen) atoms. The van der Waals surface area contributed by atoms with Crippen molar-refractivity contribution < 1.29 is 9.59 Å². The molecule has 0 heterocycles. The van der Waals surface area contributed by atoms with Crippen LogP contribution in [0.5, 0.6) is 0 Å². The molecule has 2 aromatic carbocycles. The van der Waals surface area contributed by atoms with Crippen LogP contribution >= 0.6 is 11.8 Å². The zero-order chi connectivity index (χ0) is 18.2. The lowest BCUT2D eigenvalue weighted by Gasteiger charge is -2.15. The third-order valence-electron chi connectivity index (χ3n) is 3.56. The van der Waals surface area contributed by atoms with Crippen molar-refractivity contribution in [2.45, 2.75) is 37.8 Å². The minimum atomic E-state index is -0.221. The van der Waals surface area contributed by atoms with Gasteiger partial charge in [0.05, 0.1) is 16.5 Å². The summed E-state index contributed by atoms with van der Waals surface area (Å²) < 4.78 is 0. The normalized spacial score (nSPS) is 11.8. The van der Waals surface area contributed by atoms with Gasteiger partial charge in [-0.3, -0.25) is 9.59 Å². The third kappa shape index (κ3) is 5.94. The number of benzene rings is 2. The molecular weight excluding hydrogens is 332 g/mol. The molecule has 2 N–H and O–H groups in total. The summed E-state index contributed by atoms with van der Waals surface area (Å²) in [5.41, 5.74) is 2.20. The summed E-state index contributed by atoms with van der Waals surface area (Å²) in [6.07, 6.45) is 0. The molecule has 4 nitrogen and oxygen atoms in total. The predicted molar refractivity (Wildman–Crippen MR) is 105 cm³/mol. The molecule has 1 atom stereocenters. The first-order valence-corrected chi connectivity index (χ1v) is 9.38. The van der Waals surface area contributed by atoms with Crippen molar-refractivity contribution in [3.05, 3.63) is 65.7 Å². The molecule has 0 aliphatic carbocycles. The maximum absolute atomic E-state index is 12.5. The second-order valence-corrected chi connectivity index (χ2v) is 7.43. The molecule has 2 amide bonds. The first-order chi connectivity index (χ1) is 12.0. The number of hydrogen-bond acceptors (Lipinski definition) is 3. The first kappa shape index (κ1) is 19.1. The highest BCUT2D eigenvalue weighted by Gasteiger charge is 2.17. The lowest BCUT2D eigenvalue weighted by atomic mass is 10.1. The SMILES string of the molecule is CC(C)NC(=O)c1ccccc1NC(=O)[C@H](C)SCc1ccccc1. The van der Waals surface area contributed by atoms with Crippen LogP contribution in [0.4, 0.5) is 5.69 Å². The van der Waals surface area contributed by atoms with E-state index < -0.39 is 0 Å². The predicted octanol–water partition coefficient (Wildman–Crippen LogP) is 4.09. The molecule has 2 rings (SSSR count). The number of para-hydroxylation sites is 1. The van der Waals surface area contributed by atoms with Crippen LogP contribution in [0.15, 0.2) is 54.6 Å². The van der Waals surface area contributed by atoms with Gasteiger partial charge in [-0.25, -0.2) is 0 Å². The summed E-state index contributed by atoms with van der Waals surface area (Å²) in [5, 5.41) is 5.51. The Morgan fingerprint density at radius 1 is 0.960 bits per heavy atom. The quantitative estimate of drug-likeness (QED) is 0.786. The van der Waals surface area contributed by atoms with Crippen molar-refractivity contribution >= 4 is 29.3 Å². The second kappa shape index (κ2) is 9.28. The van der Waals surface area contributed by atoms with Crippen LogP contribution in [0, 0.1) is 0 Å². The molecule has 0 spiro atoms. The Bertz CT molecular complexity index is 717. The maximum atomic E-state index is 12.5. The van der Waals surface area contributed by atoms with Crippen LogP contribution in [0.1, 0.15) is 36.7 Å². The van der Waals surface area contributed by atoms with Gasteiger partial charge in [0, 0.05) is 11.8 Å². The van der Waals surface area contributed by atoms with E-state index in [-0.39, 0.29) is 23.1 Å². The Morgan fingerprint density at radius 2 is 1.60 bits per heavy atom. The highest BCUT2D eigenvalue weighted by atomic mass is 32.2. The summed E-state index contributed by atoms with van der Waals surface area (Å²) >= 11 is 1.57. The van der Waals surface area contributed by atoms with Gasteiger partial charge in [-0.2, -0.15) is 0 Å². The van der Waals surface area contributed by atoms with Gasteiger partial charge in [-0.05, 0) is 38.5 Å². The standard InChI is InChI=1S/C20H24N2O2S/c1-14(2)21-20(24)17-11-7-8-12-18(17)22-19(23)15(3)25-13-16-9-5-4-6-10-16/h4-12,14-15H,13H2,1-3H3,(H,21,24)(H,22,23)/t15-/m0/s1. The molecular formula is C20H24N2O2S. The van der Waals surface area contributed by atoms with E-state index in [9.17, 15) is 9.59 Å². The lowest BCUT2D eigenvalue weighted by molar-refractivity contribution is -0.115. The summed E-state index contributed by atoms with van der Waals surface area (Å²) in [5.74, 6) is 0.478. The van der Waals surface area contributed by atoms with Crippen LogP contribution in [0.3, 0.4) is 0 Å². The van der Waals surface area contributed by atoms with E-state index in [4.69, 9.17) is 0 Å². The zero-order valence-electron chi connectivity index (χ0n) is 14.8. The third-order valence-corrected chi connectivity index (χ3v) is 4.78. The number of rotatable bonds is 7. The van der Waals surface area contributed by atoms with Gasteiger partial charge in [-0.1, -0.05) is 42.5 Å². The second-order valence-electron chi connectivity index (χ2n) is 6.10. The fourth-order valence-electron chi connectivity index (χ4n) is 2.24. The molecule has 0 aliphatic heterocycles. The summed E-state index contributed by atoms with van der Waals surface area (Å²) in [6.45, 7) is 5.68. The lowest BCUT2D eigenvalue weighted by Crippen LogP contribution is -2.31. The van der Waals surface area contributed by atoms with Crippen molar-refractivity contribution in [1.82, 2.24) is 5.32 Å². The van der Waals surface area contributed by atoms with Gasteiger partial charge in [0.1, 0.15) is 0 Å². The number of carbonyl (C=O) groups excluding carboxylic acids is 2. The number of amides is 2. The van der Waals surface area contributed by atoms with Crippen molar-refractivity contribution in [2.75, 3.05) is 5.32 Å². The minimum absolute atomic E-state index is 0.0385. The van der Waals surface area contributed by atoms with Gasteiger partial charge in [0.15, 0.2) is 0 Å². The topological polar surface area (TPSA) is 58.2 Å². The van der Waals surface area contributed by atoms with Crippen molar-refractivity contribution in [3.63, 3.8) is 0 Å². The van der Waals surface area contributed by atoms with Crippen LogP contribution in [-0.2, 0) is 10.5 Å². The van der Waals surface area contributed by atoms with E-state index in [0.29, 0.717) is 11.3 Å². The van der Waals surface area contributed by atoms with Gasteiger partial charge < -0.3 is 10.6 Å². The Labute approximate surface area is 153 Å². The molecule has 5 heteroatoms. The fourth-order valence-corrected chi connectivity index (χ4v) is 3.08. The van der Waals surface area contributed by atoms with E-state index in [2.05, 4.69) is 10.6 Å². The maximum Gasteiger partial charge on any atom is 0.253 e. The smallest absolute Gasteiger partial charge is 0.253 e. The average Bonchev–Trinajstić information content (AvgIpc) is 2.60. The van der Waals surface area contributed by atoms with E-state index in [1.165, 1.54) is 5.56 Å². The molecule has 0 unspecified atom stereocenters. The molecule has 0 aromatic heterocycles. The molecule has 132 valence electrons. The van der Waals surface area contributed by atoms with E-state index in [1.54, 1.807) is 30.0 Å². The van der Waals surface area contributed by atoms with Gasteiger partial charge >= 0.3 is 0 Å². The highest BCUT2D eigenvalue weighted by molar-refractivity contribution is 7.99. The molecule has 0 bridgehead atoms. The zero-order valence-corrected chi connectivity index (χ0v) is 15.6. The molecule has 0 saturated carbocycles. The fraction of sp³-hybridized carbons (Fsp3) is 0.300. The van der Waals surface area contributed by atoms with E-state index >= 15 is 0 Å². The van der Waals surface area contributed by atoms with Crippen molar-refractivity contribution in [1.29, 1.82) is 0 Å². The Hall–Kier alpha value is -2.27. The monoisotopic (exact) mass is 356 g/mol. The number of hydrogen-bond donors (Lipinski definition) is 2. The number of thioether (sulfide) groups is 1. The van der Waals surface area contributed by atoms with E-state index in [0.717, 1.165) is 5.75 Å². The van der Waals surface area contributed by atoms with Crippen LogP contribution in [0.25, 0.3) is 0 Å². The largest absolute Gasteiger partial charge is 0.350 e. The average molecular weight is 356 g/mol. The number of carbonyl (C=O) groups is 2. The van der Waals surface area contributed by atoms with Gasteiger partial charge in [0.25, 0.3) is 5.91 Å². The van der Waals surface area contributed by atoms with Crippen LogP contribution < -0.4 is 10.6 Å². The first-order valence-electron chi connectivity index (χ1n) is 8.33. The molecule has 2 aromatic rings. The van der Waals surface area contributed by atoms with Crippen LogP contribution in [-0.4, -0.2) is 23.1 Å². The Kier molecular flexibility index (Phi) is 7.07. The molecule has 0 fully saturated rings. The summed E-state index contributed by atoms with van der Waals surface area (Å²) in [6, 6.07) is 17.2. The number of nitrogens with one attached hydrogen (secondary N) is 2. The summed E-state index contributed by atoms with van der Waals surface area (Å²) in [4.78, 5) is 24.7. The Morgan fingerprint density at radius 3 is 2.28 bits per heavy atom. The van der Waals surface area contributed by atoms with E-state index in [1.807, 2.05) is 57.2 Å². The minimum Gasteiger partial charge on any atom is -0.350 e. The molecule has 0 saturated heterocycles. The number of anilines is 1. The molecule has 0 radical (unpaired) electrons. The van der Waals surface area contributed by atoms with Crippen molar-refractivity contribution in [3.8, 4) is 0 Å².